The van der Waals surface area contributed by atoms with Crippen molar-refractivity contribution in [2.75, 3.05) is 51.4 Å². The summed E-state index contributed by atoms with van der Waals surface area (Å²) in [5.41, 5.74) is 0.0249. The van der Waals surface area contributed by atoms with Crippen LogP contribution in [0.2, 0.25) is 0 Å². The molecule has 0 saturated carbocycles. The molecular formula is C19H30N4O2. The number of likely N-dealkylation sites (tertiary alicyclic amines) is 1. The molecule has 0 unspecified atom stereocenters. The van der Waals surface area contributed by atoms with E-state index < -0.39 is 0 Å². The lowest BCUT2D eigenvalue weighted by molar-refractivity contribution is -0.0580. The van der Waals surface area contributed by atoms with Crippen molar-refractivity contribution >= 4 is 5.95 Å². The van der Waals surface area contributed by atoms with Crippen molar-refractivity contribution in [2.24, 2.45) is 5.92 Å². The predicted molar refractivity (Wildman–Crippen MR) is 96.7 cm³/mol. The van der Waals surface area contributed by atoms with Gasteiger partial charge in [0.05, 0.1) is 18.2 Å². The zero-order valence-electron chi connectivity index (χ0n) is 15.3. The number of hydrogen-bond donors (Lipinski definition) is 0. The maximum atomic E-state index is 6.39. The minimum atomic E-state index is 0.0249. The molecule has 0 radical (unpaired) electrons. The molecule has 0 aromatic carbocycles. The molecule has 1 aromatic rings. The molecule has 0 N–H and O–H groups in total. The normalized spacial score (nSPS) is 31.5. The summed E-state index contributed by atoms with van der Waals surface area (Å²) >= 11 is 0. The molecule has 3 aliphatic rings. The fourth-order valence-electron chi connectivity index (χ4n) is 4.63. The largest absolute Gasteiger partial charge is 0.381 e. The minimum absolute atomic E-state index is 0.0249. The van der Waals surface area contributed by atoms with E-state index in [2.05, 4.69) is 26.8 Å². The summed E-state index contributed by atoms with van der Waals surface area (Å²) in [4.78, 5) is 13.6. The Balaban J connectivity index is 1.35. The van der Waals surface area contributed by atoms with Crippen molar-refractivity contribution in [3.05, 3.63) is 18.5 Å². The van der Waals surface area contributed by atoms with Gasteiger partial charge in [-0.25, -0.2) is 9.97 Å². The van der Waals surface area contributed by atoms with E-state index in [1.807, 2.05) is 6.07 Å². The van der Waals surface area contributed by atoms with Crippen LogP contribution in [-0.4, -0.2) is 73.0 Å². The second-order valence-corrected chi connectivity index (χ2v) is 7.91. The van der Waals surface area contributed by atoms with Gasteiger partial charge in [0.15, 0.2) is 0 Å². The van der Waals surface area contributed by atoms with Gasteiger partial charge in [0, 0.05) is 52.2 Å². The summed E-state index contributed by atoms with van der Waals surface area (Å²) in [6.07, 6.45) is 9.52. The smallest absolute Gasteiger partial charge is 0.225 e. The molecule has 2 atom stereocenters. The number of likely N-dealkylation sites (N-methyl/N-ethyl adjacent to an activating group) is 1. The summed E-state index contributed by atoms with van der Waals surface area (Å²) in [7, 11) is 2.09. The highest BCUT2D eigenvalue weighted by Gasteiger charge is 2.45. The van der Waals surface area contributed by atoms with Crippen molar-refractivity contribution in [2.45, 2.75) is 43.7 Å². The Morgan fingerprint density at radius 2 is 2.08 bits per heavy atom. The van der Waals surface area contributed by atoms with Crippen LogP contribution in [0.1, 0.15) is 32.1 Å². The average molecular weight is 346 g/mol. The summed E-state index contributed by atoms with van der Waals surface area (Å²) in [5, 5.41) is 0. The van der Waals surface area contributed by atoms with Crippen molar-refractivity contribution in [3.63, 3.8) is 0 Å². The summed E-state index contributed by atoms with van der Waals surface area (Å²) in [6, 6.07) is 2.23. The standard InChI is InChI=1S/C19H30N4O2/c1-22(18-20-7-3-8-21-18)17-12-19(25-14-17)6-2-9-23(15-19)13-16-4-10-24-11-5-16/h3,7-8,16-17H,2,4-6,9-15H2,1H3/t17-,19-/m0/s1. The molecule has 138 valence electrons. The van der Waals surface area contributed by atoms with Crippen molar-refractivity contribution in [1.82, 2.24) is 14.9 Å². The van der Waals surface area contributed by atoms with E-state index in [0.29, 0.717) is 6.04 Å². The molecule has 6 nitrogen and oxygen atoms in total. The Bertz CT molecular complexity index is 552. The van der Waals surface area contributed by atoms with Gasteiger partial charge in [-0.3, -0.25) is 0 Å². The van der Waals surface area contributed by atoms with Crippen molar-refractivity contribution < 1.29 is 9.47 Å². The third-order valence-electron chi connectivity index (χ3n) is 6.08. The first-order chi connectivity index (χ1) is 12.2. The van der Waals surface area contributed by atoms with Crippen LogP contribution >= 0.6 is 0 Å². The second-order valence-electron chi connectivity index (χ2n) is 7.91. The van der Waals surface area contributed by atoms with Crippen LogP contribution in [0.5, 0.6) is 0 Å². The van der Waals surface area contributed by atoms with Crippen LogP contribution in [0.4, 0.5) is 5.95 Å². The molecule has 4 heterocycles. The summed E-state index contributed by atoms with van der Waals surface area (Å²) in [5.74, 6) is 1.59. The number of hydrogen-bond acceptors (Lipinski definition) is 6. The number of rotatable bonds is 4. The molecule has 3 aliphatic heterocycles. The predicted octanol–water partition coefficient (Wildman–Crippen LogP) is 1.96. The van der Waals surface area contributed by atoms with E-state index in [-0.39, 0.29) is 5.60 Å². The number of nitrogens with zero attached hydrogens (tertiary/aromatic N) is 4. The molecule has 1 aromatic heterocycles. The van der Waals surface area contributed by atoms with E-state index in [1.54, 1.807) is 12.4 Å². The van der Waals surface area contributed by atoms with Gasteiger partial charge in [-0.1, -0.05) is 0 Å². The van der Waals surface area contributed by atoms with Gasteiger partial charge >= 0.3 is 0 Å². The zero-order valence-corrected chi connectivity index (χ0v) is 15.3. The maximum absolute atomic E-state index is 6.39. The highest BCUT2D eigenvalue weighted by molar-refractivity contribution is 5.30. The number of anilines is 1. The lowest BCUT2D eigenvalue weighted by Gasteiger charge is -2.41. The number of piperidine rings is 1. The van der Waals surface area contributed by atoms with Crippen LogP contribution in [0.3, 0.4) is 0 Å². The van der Waals surface area contributed by atoms with Crippen LogP contribution in [-0.2, 0) is 9.47 Å². The van der Waals surface area contributed by atoms with E-state index in [4.69, 9.17) is 9.47 Å². The Kier molecular flexibility index (Phi) is 5.20. The zero-order chi connectivity index (χ0) is 17.1. The van der Waals surface area contributed by atoms with E-state index >= 15 is 0 Å². The molecule has 0 bridgehead atoms. The molecule has 25 heavy (non-hydrogen) atoms. The molecule has 0 amide bonds. The van der Waals surface area contributed by atoms with E-state index in [1.165, 1.54) is 38.8 Å². The Morgan fingerprint density at radius 1 is 1.28 bits per heavy atom. The fourth-order valence-corrected chi connectivity index (χ4v) is 4.63. The second kappa shape index (κ2) is 7.56. The molecule has 0 aliphatic carbocycles. The first-order valence-electron chi connectivity index (χ1n) is 9.68. The lowest BCUT2D eigenvalue weighted by Crippen LogP contribution is -2.50. The summed E-state index contributed by atoms with van der Waals surface area (Å²) in [6.45, 7) is 6.14. The minimum Gasteiger partial charge on any atom is -0.381 e. The molecule has 3 saturated heterocycles. The highest BCUT2D eigenvalue weighted by Crippen LogP contribution is 2.37. The Hall–Kier alpha value is -1.24. The average Bonchev–Trinajstić information content (AvgIpc) is 3.06. The lowest BCUT2D eigenvalue weighted by atomic mass is 9.87. The van der Waals surface area contributed by atoms with Gasteiger partial charge in [-0.2, -0.15) is 0 Å². The fraction of sp³-hybridized carbons (Fsp3) is 0.789. The van der Waals surface area contributed by atoms with E-state index in [0.717, 1.165) is 44.7 Å². The van der Waals surface area contributed by atoms with Crippen LogP contribution < -0.4 is 4.90 Å². The van der Waals surface area contributed by atoms with Gasteiger partial charge in [0.1, 0.15) is 0 Å². The van der Waals surface area contributed by atoms with Gasteiger partial charge in [0.2, 0.25) is 5.95 Å². The monoisotopic (exact) mass is 346 g/mol. The van der Waals surface area contributed by atoms with Gasteiger partial charge < -0.3 is 19.3 Å². The third kappa shape index (κ3) is 3.96. The van der Waals surface area contributed by atoms with Gasteiger partial charge in [-0.05, 0) is 44.2 Å². The van der Waals surface area contributed by atoms with E-state index in [9.17, 15) is 0 Å². The maximum Gasteiger partial charge on any atom is 0.225 e. The van der Waals surface area contributed by atoms with Gasteiger partial charge in [0.25, 0.3) is 0 Å². The van der Waals surface area contributed by atoms with Crippen molar-refractivity contribution in [3.8, 4) is 0 Å². The van der Waals surface area contributed by atoms with Crippen LogP contribution in [0.15, 0.2) is 18.5 Å². The first-order valence-corrected chi connectivity index (χ1v) is 9.68. The number of ether oxygens (including phenoxy) is 2. The highest BCUT2D eigenvalue weighted by atomic mass is 16.5. The number of aromatic nitrogens is 2. The van der Waals surface area contributed by atoms with Crippen LogP contribution in [0, 0.1) is 5.92 Å². The third-order valence-corrected chi connectivity index (χ3v) is 6.08. The molecule has 6 heteroatoms. The molecule has 1 spiro atoms. The SMILES string of the molecule is CN(c1ncccn1)[C@@H]1CO[C@@]2(CCCN(CC3CCOCC3)C2)C1. The van der Waals surface area contributed by atoms with Crippen molar-refractivity contribution in [1.29, 1.82) is 0 Å². The molecular weight excluding hydrogens is 316 g/mol. The quantitative estimate of drug-likeness (QED) is 0.831. The Labute approximate surface area is 150 Å². The topological polar surface area (TPSA) is 50.7 Å². The first kappa shape index (κ1) is 17.2. The Morgan fingerprint density at radius 3 is 2.88 bits per heavy atom. The van der Waals surface area contributed by atoms with Gasteiger partial charge in [-0.15, -0.1) is 0 Å². The molecule has 4 rings (SSSR count). The molecule has 3 fully saturated rings. The van der Waals surface area contributed by atoms with Crippen LogP contribution in [0.25, 0.3) is 0 Å². The summed E-state index contributed by atoms with van der Waals surface area (Å²) < 4.78 is 11.9.